The van der Waals surface area contributed by atoms with Gasteiger partial charge in [-0.2, -0.15) is 5.26 Å². The first-order chi connectivity index (χ1) is 9.40. The van der Waals surface area contributed by atoms with Gasteiger partial charge in [-0.05, 0) is 36.5 Å². The van der Waals surface area contributed by atoms with E-state index < -0.39 is 0 Å². The fraction of sp³-hybridized carbons (Fsp3) is 0.588. The zero-order valence-electron chi connectivity index (χ0n) is 12.8. The molecule has 0 unspecified atom stereocenters. The van der Waals surface area contributed by atoms with E-state index in [0.717, 1.165) is 29.9 Å². The summed E-state index contributed by atoms with van der Waals surface area (Å²) >= 11 is 0. The molecule has 1 aliphatic carbocycles. The van der Waals surface area contributed by atoms with E-state index in [2.05, 4.69) is 26.8 Å². The Morgan fingerprint density at radius 1 is 1.30 bits per heavy atom. The van der Waals surface area contributed by atoms with Crippen molar-refractivity contribution in [1.29, 1.82) is 5.26 Å². The summed E-state index contributed by atoms with van der Waals surface area (Å²) < 4.78 is 11.3. The van der Waals surface area contributed by atoms with Gasteiger partial charge in [-0.3, -0.25) is 0 Å². The number of benzene rings is 1. The average Bonchev–Trinajstić information content (AvgIpc) is 3.16. The van der Waals surface area contributed by atoms with E-state index in [1.807, 2.05) is 18.2 Å². The lowest BCUT2D eigenvalue weighted by Gasteiger charge is -2.24. The minimum atomic E-state index is -0.00415. The van der Waals surface area contributed by atoms with Crippen molar-refractivity contribution < 1.29 is 9.47 Å². The van der Waals surface area contributed by atoms with Crippen LogP contribution in [0, 0.1) is 16.7 Å². The quantitative estimate of drug-likeness (QED) is 0.812. The SMILES string of the molecule is COc1ccc(OCC2(CC#N)CC2)c(C(C)(C)C)c1. The Morgan fingerprint density at radius 3 is 2.50 bits per heavy atom. The first kappa shape index (κ1) is 14.7. The molecule has 1 aromatic carbocycles. The van der Waals surface area contributed by atoms with Gasteiger partial charge in [-0.1, -0.05) is 20.8 Å². The zero-order valence-corrected chi connectivity index (χ0v) is 12.8. The third-order valence-corrected chi connectivity index (χ3v) is 3.94. The molecule has 3 nitrogen and oxygen atoms in total. The van der Waals surface area contributed by atoms with Crippen LogP contribution in [0.2, 0.25) is 0 Å². The zero-order chi connectivity index (χ0) is 14.8. The lowest BCUT2D eigenvalue weighted by Crippen LogP contribution is -2.17. The molecule has 0 amide bonds. The van der Waals surface area contributed by atoms with Crippen LogP contribution < -0.4 is 9.47 Å². The highest BCUT2D eigenvalue weighted by molar-refractivity contribution is 5.44. The number of hydrogen-bond donors (Lipinski definition) is 0. The smallest absolute Gasteiger partial charge is 0.123 e. The molecule has 20 heavy (non-hydrogen) atoms. The molecule has 0 spiro atoms. The molecule has 0 radical (unpaired) electrons. The van der Waals surface area contributed by atoms with Crippen molar-refractivity contribution in [2.45, 2.75) is 45.4 Å². The second-order valence-electron chi connectivity index (χ2n) is 6.74. The monoisotopic (exact) mass is 273 g/mol. The molecule has 0 heterocycles. The van der Waals surface area contributed by atoms with Gasteiger partial charge in [-0.15, -0.1) is 0 Å². The van der Waals surface area contributed by atoms with Gasteiger partial charge in [0, 0.05) is 17.4 Å². The summed E-state index contributed by atoms with van der Waals surface area (Å²) in [5, 5.41) is 8.87. The number of nitriles is 1. The molecule has 1 saturated carbocycles. The van der Waals surface area contributed by atoms with Crippen molar-refractivity contribution in [2.24, 2.45) is 5.41 Å². The normalized spacial score (nSPS) is 16.4. The highest BCUT2D eigenvalue weighted by Gasteiger charge is 2.43. The molecule has 1 fully saturated rings. The predicted molar refractivity (Wildman–Crippen MR) is 79.1 cm³/mol. The van der Waals surface area contributed by atoms with Crippen LogP contribution in [0.3, 0.4) is 0 Å². The standard InChI is InChI=1S/C17H23NO2/c1-16(2,3)14-11-13(19-4)5-6-15(14)20-12-17(7-8-17)9-10-18/h5-6,11H,7-9,12H2,1-4H3. The Bertz CT molecular complexity index is 519. The fourth-order valence-corrected chi connectivity index (χ4v) is 2.30. The molecule has 3 heteroatoms. The van der Waals surface area contributed by atoms with Gasteiger partial charge < -0.3 is 9.47 Å². The molecule has 0 aliphatic heterocycles. The van der Waals surface area contributed by atoms with E-state index in [1.54, 1.807) is 7.11 Å². The minimum absolute atomic E-state index is 0.00415. The maximum Gasteiger partial charge on any atom is 0.123 e. The van der Waals surface area contributed by atoms with Gasteiger partial charge in [0.05, 0.1) is 19.8 Å². The summed E-state index contributed by atoms with van der Waals surface area (Å²) in [6.45, 7) is 7.13. The highest BCUT2D eigenvalue weighted by Crippen LogP contribution is 2.49. The second-order valence-corrected chi connectivity index (χ2v) is 6.74. The molecule has 0 saturated heterocycles. The van der Waals surface area contributed by atoms with E-state index in [1.165, 1.54) is 0 Å². The van der Waals surface area contributed by atoms with Crippen molar-refractivity contribution in [3.63, 3.8) is 0 Å². The highest BCUT2D eigenvalue weighted by atomic mass is 16.5. The van der Waals surface area contributed by atoms with Crippen molar-refractivity contribution in [1.82, 2.24) is 0 Å². The van der Waals surface area contributed by atoms with Crippen molar-refractivity contribution in [2.75, 3.05) is 13.7 Å². The molecule has 0 bridgehead atoms. The fourth-order valence-electron chi connectivity index (χ4n) is 2.30. The number of hydrogen-bond acceptors (Lipinski definition) is 3. The summed E-state index contributed by atoms with van der Waals surface area (Å²) in [7, 11) is 1.68. The van der Waals surface area contributed by atoms with Crippen LogP contribution in [0.15, 0.2) is 18.2 Å². The first-order valence-electron chi connectivity index (χ1n) is 7.08. The van der Waals surface area contributed by atoms with E-state index in [4.69, 9.17) is 14.7 Å². The third-order valence-electron chi connectivity index (χ3n) is 3.94. The molecule has 2 rings (SSSR count). The largest absolute Gasteiger partial charge is 0.497 e. The Morgan fingerprint density at radius 2 is 2.00 bits per heavy atom. The third kappa shape index (κ3) is 3.25. The molecule has 1 aromatic rings. The van der Waals surface area contributed by atoms with Crippen LogP contribution in [-0.4, -0.2) is 13.7 Å². The summed E-state index contributed by atoms with van der Waals surface area (Å²) in [6, 6.07) is 8.21. The van der Waals surface area contributed by atoms with Crippen molar-refractivity contribution in [3.8, 4) is 17.6 Å². The Labute approximate surface area is 121 Å². The average molecular weight is 273 g/mol. The maximum absolute atomic E-state index is 8.87. The van der Waals surface area contributed by atoms with Crippen LogP contribution in [0.5, 0.6) is 11.5 Å². The van der Waals surface area contributed by atoms with Crippen LogP contribution in [-0.2, 0) is 5.41 Å². The van der Waals surface area contributed by atoms with Crippen molar-refractivity contribution in [3.05, 3.63) is 23.8 Å². The predicted octanol–water partition coefficient (Wildman–Crippen LogP) is 4.07. The summed E-state index contributed by atoms with van der Waals surface area (Å²) in [6.07, 6.45) is 2.79. The van der Waals surface area contributed by atoms with Gasteiger partial charge >= 0.3 is 0 Å². The molecule has 0 N–H and O–H groups in total. The Balaban J connectivity index is 2.17. The van der Waals surface area contributed by atoms with Gasteiger partial charge in [-0.25, -0.2) is 0 Å². The van der Waals surface area contributed by atoms with Crippen LogP contribution in [0.1, 0.15) is 45.6 Å². The molecule has 0 aromatic heterocycles. The summed E-state index contributed by atoms with van der Waals surface area (Å²) in [5.41, 5.74) is 1.24. The van der Waals surface area contributed by atoms with E-state index in [-0.39, 0.29) is 10.8 Å². The first-order valence-corrected chi connectivity index (χ1v) is 7.08. The lowest BCUT2D eigenvalue weighted by atomic mass is 9.86. The Kier molecular flexibility index (Phi) is 3.94. The molecule has 108 valence electrons. The van der Waals surface area contributed by atoms with E-state index in [9.17, 15) is 0 Å². The van der Waals surface area contributed by atoms with Gasteiger partial charge in [0.25, 0.3) is 0 Å². The van der Waals surface area contributed by atoms with E-state index in [0.29, 0.717) is 13.0 Å². The Hall–Kier alpha value is -1.69. The van der Waals surface area contributed by atoms with Gasteiger partial charge in [0.1, 0.15) is 11.5 Å². The van der Waals surface area contributed by atoms with Gasteiger partial charge in [0.15, 0.2) is 0 Å². The number of nitrogens with zero attached hydrogens (tertiary/aromatic N) is 1. The molecule has 0 atom stereocenters. The summed E-state index contributed by atoms with van der Waals surface area (Å²) in [5.74, 6) is 1.75. The van der Waals surface area contributed by atoms with E-state index >= 15 is 0 Å². The minimum Gasteiger partial charge on any atom is -0.497 e. The topological polar surface area (TPSA) is 42.2 Å². The number of ether oxygens (including phenoxy) is 2. The van der Waals surface area contributed by atoms with Crippen LogP contribution in [0.25, 0.3) is 0 Å². The maximum atomic E-state index is 8.87. The second kappa shape index (κ2) is 5.36. The number of methoxy groups -OCH3 is 1. The number of rotatable bonds is 5. The van der Waals surface area contributed by atoms with Crippen LogP contribution >= 0.6 is 0 Å². The molecular weight excluding hydrogens is 250 g/mol. The molecule has 1 aliphatic rings. The summed E-state index contributed by atoms with van der Waals surface area (Å²) in [4.78, 5) is 0. The molecular formula is C17H23NO2. The van der Waals surface area contributed by atoms with Gasteiger partial charge in [0.2, 0.25) is 0 Å². The lowest BCUT2D eigenvalue weighted by molar-refractivity contribution is 0.232. The van der Waals surface area contributed by atoms with Crippen molar-refractivity contribution >= 4 is 0 Å². The van der Waals surface area contributed by atoms with Crippen LogP contribution in [0.4, 0.5) is 0 Å².